The Morgan fingerprint density at radius 2 is 1.61 bits per heavy atom. The van der Waals surface area contributed by atoms with Gasteiger partial charge in [-0.1, -0.05) is 62.4 Å². The quantitative estimate of drug-likeness (QED) is 0.777. The summed E-state index contributed by atoms with van der Waals surface area (Å²) in [5.74, 6) is 0.528. The number of carbonyl (C=O) groups is 1. The number of nitrogens with zero attached hydrogens (tertiary/aromatic N) is 2. The summed E-state index contributed by atoms with van der Waals surface area (Å²) in [7, 11) is 0. The SMILES string of the molecule is CC[C@H](C)c1ccccc1NC(=O)[C@@H](C)N1CCN(Cc2ccccc2)CC1. The lowest BCUT2D eigenvalue weighted by Gasteiger charge is -2.37. The van der Waals surface area contributed by atoms with Crippen LogP contribution in [0, 0.1) is 0 Å². The molecule has 2 aromatic rings. The van der Waals surface area contributed by atoms with Crippen LogP contribution in [0.5, 0.6) is 0 Å². The lowest BCUT2D eigenvalue weighted by atomic mass is 9.97. The monoisotopic (exact) mass is 379 g/mol. The van der Waals surface area contributed by atoms with Gasteiger partial charge in [-0.15, -0.1) is 0 Å². The average molecular weight is 380 g/mol. The van der Waals surface area contributed by atoms with Gasteiger partial charge in [-0.2, -0.15) is 0 Å². The Balaban J connectivity index is 1.54. The van der Waals surface area contributed by atoms with E-state index in [1.807, 2.05) is 25.1 Å². The van der Waals surface area contributed by atoms with Crippen molar-refractivity contribution >= 4 is 11.6 Å². The van der Waals surface area contributed by atoms with Gasteiger partial charge in [0.05, 0.1) is 6.04 Å². The molecular weight excluding hydrogens is 346 g/mol. The van der Waals surface area contributed by atoms with Crippen molar-refractivity contribution in [1.29, 1.82) is 0 Å². The van der Waals surface area contributed by atoms with Gasteiger partial charge in [0.15, 0.2) is 0 Å². The molecule has 4 nitrogen and oxygen atoms in total. The van der Waals surface area contributed by atoms with Crippen molar-refractivity contribution < 1.29 is 4.79 Å². The molecule has 1 aliphatic rings. The van der Waals surface area contributed by atoms with Gasteiger partial charge in [0.1, 0.15) is 0 Å². The predicted molar refractivity (Wildman–Crippen MR) is 117 cm³/mol. The molecule has 0 saturated carbocycles. The van der Waals surface area contributed by atoms with E-state index in [2.05, 4.69) is 65.4 Å². The minimum absolute atomic E-state index is 0.0901. The first kappa shape index (κ1) is 20.6. The number of hydrogen-bond donors (Lipinski definition) is 1. The Kier molecular flexibility index (Phi) is 7.24. The first-order valence-electron chi connectivity index (χ1n) is 10.5. The fraction of sp³-hybridized carbons (Fsp3) is 0.458. The third kappa shape index (κ3) is 5.21. The molecule has 150 valence electrons. The van der Waals surface area contributed by atoms with Crippen LogP contribution in [0.3, 0.4) is 0 Å². The summed E-state index contributed by atoms with van der Waals surface area (Å²) < 4.78 is 0. The second-order valence-corrected chi connectivity index (χ2v) is 7.86. The number of hydrogen-bond acceptors (Lipinski definition) is 3. The molecule has 1 saturated heterocycles. The van der Waals surface area contributed by atoms with Crippen molar-refractivity contribution in [1.82, 2.24) is 9.80 Å². The molecule has 0 spiro atoms. The number of piperazine rings is 1. The zero-order valence-electron chi connectivity index (χ0n) is 17.4. The molecule has 2 atom stereocenters. The van der Waals surface area contributed by atoms with Crippen molar-refractivity contribution in [3.63, 3.8) is 0 Å². The normalized spacial score (nSPS) is 17.8. The van der Waals surface area contributed by atoms with Crippen LogP contribution in [-0.4, -0.2) is 47.9 Å². The molecule has 0 aromatic heterocycles. The van der Waals surface area contributed by atoms with Crippen LogP contribution in [0.2, 0.25) is 0 Å². The Morgan fingerprint density at radius 1 is 0.964 bits per heavy atom. The molecule has 3 rings (SSSR count). The molecule has 0 unspecified atom stereocenters. The van der Waals surface area contributed by atoms with Gasteiger partial charge in [0, 0.05) is 38.4 Å². The minimum Gasteiger partial charge on any atom is -0.324 e. The summed E-state index contributed by atoms with van der Waals surface area (Å²) in [4.78, 5) is 17.6. The van der Waals surface area contributed by atoms with Gasteiger partial charge in [-0.3, -0.25) is 14.6 Å². The van der Waals surface area contributed by atoms with Gasteiger partial charge in [0.2, 0.25) is 5.91 Å². The number of nitrogens with one attached hydrogen (secondary N) is 1. The van der Waals surface area contributed by atoms with E-state index in [9.17, 15) is 4.79 Å². The summed E-state index contributed by atoms with van der Waals surface area (Å²) in [5.41, 5.74) is 3.53. The van der Waals surface area contributed by atoms with Gasteiger partial charge in [-0.25, -0.2) is 0 Å². The Morgan fingerprint density at radius 3 is 2.29 bits per heavy atom. The van der Waals surface area contributed by atoms with Crippen LogP contribution >= 0.6 is 0 Å². The standard InChI is InChI=1S/C24H33N3O/c1-4-19(2)22-12-8-9-13-23(22)25-24(28)20(3)27-16-14-26(15-17-27)18-21-10-6-5-7-11-21/h5-13,19-20H,4,14-18H2,1-3H3,(H,25,28)/t19-,20+/m0/s1. The van der Waals surface area contributed by atoms with Crippen molar-refractivity contribution in [2.45, 2.75) is 45.7 Å². The zero-order chi connectivity index (χ0) is 19.9. The second kappa shape index (κ2) is 9.85. The van der Waals surface area contributed by atoms with Crippen LogP contribution in [0.1, 0.15) is 44.2 Å². The molecule has 1 fully saturated rings. The van der Waals surface area contributed by atoms with Gasteiger partial charge < -0.3 is 5.32 Å². The van der Waals surface area contributed by atoms with Crippen molar-refractivity contribution in [3.05, 3.63) is 65.7 Å². The summed E-state index contributed by atoms with van der Waals surface area (Å²) in [6.07, 6.45) is 1.06. The summed E-state index contributed by atoms with van der Waals surface area (Å²) in [5, 5.41) is 3.18. The van der Waals surface area contributed by atoms with E-state index >= 15 is 0 Å². The van der Waals surface area contributed by atoms with Crippen LogP contribution in [0.4, 0.5) is 5.69 Å². The Labute approximate surface area is 169 Å². The van der Waals surface area contributed by atoms with E-state index in [1.165, 1.54) is 11.1 Å². The molecule has 1 heterocycles. The highest BCUT2D eigenvalue weighted by Gasteiger charge is 2.26. The highest BCUT2D eigenvalue weighted by Crippen LogP contribution is 2.26. The molecule has 1 aliphatic heterocycles. The van der Waals surface area contributed by atoms with Gasteiger partial charge >= 0.3 is 0 Å². The maximum absolute atomic E-state index is 12.9. The summed E-state index contributed by atoms with van der Waals surface area (Å²) in [6, 6.07) is 18.7. The van der Waals surface area contributed by atoms with E-state index in [0.29, 0.717) is 5.92 Å². The van der Waals surface area contributed by atoms with Gasteiger partial charge in [-0.05, 0) is 36.5 Å². The highest BCUT2D eigenvalue weighted by molar-refractivity contribution is 5.95. The van der Waals surface area contributed by atoms with Crippen LogP contribution in [0.25, 0.3) is 0 Å². The summed E-state index contributed by atoms with van der Waals surface area (Å²) in [6.45, 7) is 11.2. The maximum atomic E-state index is 12.9. The minimum atomic E-state index is -0.121. The lowest BCUT2D eigenvalue weighted by molar-refractivity contribution is -0.121. The number of para-hydroxylation sites is 1. The fourth-order valence-corrected chi connectivity index (χ4v) is 3.81. The fourth-order valence-electron chi connectivity index (χ4n) is 3.81. The molecule has 0 radical (unpaired) electrons. The van der Waals surface area contributed by atoms with Crippen molar-refractivity contribution in [2.75, 3.05) is 31.5 Å². The summed E-state index contributed by atoms with van der Waals surface area (Å²) >= 11 is 0. The van der Waals surface area contributed by atoms with E-state index in [-0.39, 0.29) is 11.9 Å². The van der Waals surface area contributed by atoms with Crippen LogP contribution < -0.4 is 5.32 Å². The number of carbonyl (C=O) groups excluding carboxylic acids is 1. The molecule has 1 N–H and O–H groups in total. The third-order valence-corrected chi connectivity index (χ3v) is 5.95. The lowest BCUT2D eigenvalue weighted by Crippen LogP contribution is -2.52. The third-order valence-electron chi connectivity index (χ3n) is 5.95. The topological polar surface area (TPSA) is 35.6 Å². The Hall–Kier alpha value is -2.17. The average Bonchev–Trinajstić information content (AvgIpc) is 2.74. The zero-order valence-corrected chi connectivity index (χ0v) is 17.4. The van der Waals surface area contributed by atoms with Crippen LogP contribution in [0.15, 0.2) is 54.6 Å². The first-order chi connectivity index (χ1) is 13.6. The maximum Gasteiger partial charge on any atom is 0.241 e. The van der Waals surface area contributed by atoms with E-state index < -0.39 is 0 Å². The number of benzene rings is 2. The molecule has 2 aromatic carbocycles. The molecule has 28 heavy (non-hydrogen) atoms. The molecule has 1 amide bonds. The van der Waals surface area contributed by atoms with Crippen molar-refractivity contribution in [3.8, 4) is 0 Å². The van der Waals surface area contributed by atoms with Gasteiger partial charge in [0.25, 0.3) is 0 Å². The molecule has 4 heteroatoms. The van der Waals surface area contributed by atoms with E-state index in [4.69, 9.17) is 0 Å². The molecule has 0 bridgehead atoms. The predicted octanol–water partition coefficient (Wildman–Crippen LogP) is 4.34. The second-order valence-electron chi connectivity index (χ2n) is 7.86. The Bertz CT molecular complexity index is 753. The van der Waals surface area contributed by atoms with E-state index in [1.54, 1.807) is 0 Å². The highest BCUT2D eigenvalue weighted by atomic mass is 16.2. The number of amides is 1. The molecule has 0 aliphatic carbocycles. The van der Waals surface area contributed by atoms with E-state index in [0.717, 1.165) is 44.8 Å². The van der Waals surface area contributed by atoms with Crippen LogP contribution in [-0.2, 0) is 11.3 Å². The largest absolute Gasteiger partial charge is 0.324 e. The first-order valence-corrected chi connectivity index (χ1v) is 10.5. The van der Waals surface area contributed by atoms with Crippen molar-refractivity contribution in [2.24, 2.45) is 0 Å². The number of rotatable bonds is 7. The smallest absolute Gasteiger partial charge is 0.241 e. The molecular formula is C24H33N3O. The number of anilines is 1.